The molecule has 100 valence electrons. The van der Waals surface area contributed by atoms with Gasteiger partial charge in [-0.25, -0.2) is 4.98 Å². The van der Waals surface area contributed by atoms with Crippen LogP contribution >= 0.6 is 0 Å². The number of ether oxygens (including phenoxy) is 1. The second kappa shape index (κ2) is 5.38. The van der Waals surface area contributed by atoms with Crippen LogP contribution in [0, 0.1) is 0 Å². The molecule has 0 aliphatic carbocycles. The molecular weight excluding hydrogens is 228 g/mol. The zero-order valence-electron chi connectivity index (χ0n) is 11.0. The molecule has 2 aliphatic heterocycles. The normalized spacial score (nSPS) is 26.2. The first-order chi connectivity index (χ1) is 8.86. The van der Waals surface area contributed by atoms with E-state index in [1.54, 1.807) is 0 Å². The molecule has 3 heterocycles. The summed E-state index contributed by atoms with van der Waals surface area (Å²) in [6, 6.07) is 0. The lowest BCUT2D eigenvalue weighted by Crippen LogP contribution is -2.45. The smallest absolute Gasteiger partial charge is 0.0949 e. The third-order valence-electron chi connectivity index (χ3n) is 4.01. The predicted molar refractivity (Wildman–Crippen MR) is 69.7 cm³/mol. The number of morpholine rings is 1. The maximum Gasteiger partial charge on any atom is 0.0949 e. The summed E-state index contributed by atoms with van der Waals surface area (Å²) < 4.78 is 8.14. The summed E-state index contributed by atoms with van der Waals surface area (Å²) in [7, 11) is 0. The van der Waals surface area contributed by atoms with Crippen molar-refractivity contribution in [1.82, 2.24) is 19.8 Å². The fraction of sp³-hybridized carbons (Fsp3) is 0.769. The molecule has 1 aromatic heterocycles. The Hall–Kier alpha value is -0.910. The van der Waals surface area contributed by atoms with Crippen molar-refractivity contribution >= 4 is 0 Å². The van der Waals surface area contributed by atoms with Crippen LogP contribution in [0.1, 0.15) is 18.5 Å². The minimum absolute atomic E-state index is 0.305. The van der Waals surface area contributed by atoms with Crippen molar-refractivity contribution in [2.45, 2.75) is 25.5 Å². The number of aromatic nitrogens is 2. The van der Waals surface area contributed by atoms with E-state index in [0.29, 0.717) is 12.0 Å². The third kappa shape index (κ3) is 2.43. The first-order valence-electron chi connectivity index (χ1n) is 6.91. The Morgan fingerprint density at radius 3 is 3.11 bits per heavy atom. The molecule has 2 fully saturated rings. The molecule has 0 radical (unpaired) electrons. The van der Waals surface area contributed by atoms with Crippen LogP contribution < -0.4 is 5.32 Å². The van der Waals surface area contributed by atoms with Crippen LogP contribution in [-0.4, -0.2) is 59.9 Å². The van der Waals surface area contributed by atoms with Gasteiger partial charge in [0.15, 0.2) is 0 Å². The van der Waals surface area contributed by atoms with Crippen molar-refractivity contribution in [3.05, 3.63) is 18.2 Å². The molecule has 0 saturated carbocycles. The average molecular weight is 250 g/mol. The zero-order valence-corrected chi connectivity index (χ0v) is 11.0. The van der Waals surface area contributed by atoms with E-state index in [2.05, 4.69) is 26.7 Å². The Morgan fingerprint density at radius 1 is 1.50 bits per heavy atom. The Kier molecular flexibility index (Phi) is 3.63. The summed E-state index contributed by atoms with van der Waals surface area (Å²) in [6.45, 7) is 9.38. The molecular formula is C13H22N4O. The zero-order chi connectivity index (χ0) is 12.4. The monoisotopic (exact) mass is 250 g/mol. The van der Waals surface area contributed by atoms with Crippen LogP contribution in [0.25, 0.3) is 0 Å². The summed E-state index contributed by atoms with van der Waals surface area (Å²) in [5, 5.41) is 3.32. The van der Waals surface area contributed by atoms with E-state index in [4.69, 9.17) is 4.74 Å². The standard InChI is InChI=1S/C13H22N4O/c1-2-16-3-4-18-12(8-16)9-17-10-15-7-13(17)11-5-14-6-11/h7,10-12,14H,2-6,8-9H2,1H3. The molecule has 5 heteroatoms. The maximum atomic E-state index is 5.86. The minimum Gasteiger partial charge on any atom is -0.374 e. The van der Waals surface area contributed by atoms with Crippen molar-refractivity contribution in [1.29, 1.82) is 0 Å². The van der Waals surface area contributed by atoms with Crippen molar-refractivity contribution in [3.63, 3.8) is 0 Å². The van der Waals surface area contributed by atoms with Gasteiger partial charge in [-0.2, -0.15) is 0 Å². The quantitative estimate of drug-likeness (QED) is 0.834. The van der Waals surface area contributed by atoms with E-state index < -0.39 is 0 Å². The van der Waals surface area contributed by atoms with E-state index in [9.17, 15) is 0 Å². The Bertz CT molecular complexity index is 388. The number of nitrogens with one attached hydrogen (secondary N) is 1. The topological polar surface area (TPSA) is 42.3 Å². The molecule has 0 spiro atoms. The van der Waals surface area contributed by atoms with Gasteiger partial charge in [0.05, 0.1) is 25.6 Å². The first-order valence-corrected chi connectivity index (χ1v) is 6.91. The molecule has 0 bridgehead atoms. The van der Waals surface area contributed by atoms with Crippen LogP contribution in [0.2, 0.25) is 0 Å². The van der Waals surface area contributed by atoms with Crippen molar-refractivity contribution in [2.75, 3.05) is 39.3 Å². The van der Waals surface area contributed by atoms with E-state index in [1.807, 2.05) is 12.5 Å². The number of nitrogens with zero attached hydrogens (tertiary/aromatic N) is 3. The molecule has 3 rings (SSSR count). The van der Waals surface area contributed by atoms with Crippen molar-refractivity contribution < 1.29 is 4.74 Å². The van der Waals surface area contributed by atoms with Crippen LogP contribution in [0.15, 0.2) is 12.5 Å². The highest BCUT2D eigenvalue weighted by molar-refractivity contribution is 5.11. The lowest BCUT2D eigenvalue weighted by atomic mass is 10.00. The second-order valence-corrected chi connectivity index (χ2v) is 5.21. The minimum atomic E-state index is 0.305. The molecule has 18 heavy (non-hydrogen) atoms. The number of likely N-dealkylation sites (N-methyl/N-ethyl adjacent to an activating group) is 1. The van der Waals surface area contributed by atoms with Crippen molar-refractivity contribution in [2.24, 2.45) is 0 Å². The lowest BCUT2D eigenvalue weighted by molar-refractivity contribution is -0.0347. The molecule has 1 aromatic rings. The summed E-state index contributed by atoms with van der Waals surface area (Å²) in [6.07, 6.45) is 4.26. The highest BCUT2D eigenvalue weighted by Crippen LogP contribution is 2.20. The van der Waals surface area contributed by atoms with E-state index >= 15 is 0 Å². The largest absolute Gasteiger partial charge is 0.374 e. The number of rotatable bonds is 4. The van der Waals surface area contributed by atoms with Gasteiger partial charge in [0.25, 0.3) is 0 Å². The molecule has 0 amide bonds. The fourth-order valence-corrected chi connectivity index (χ4v) is 2.72. The SMILES string of the molecule is CCN1CCOC(Cn2cncc2C2CNC2)C1. The maximum absolute atomic E-state index is 5.86. The van der Waals surface area contributed by atoms with Gasteiger partial charge in [-0.3, -0.25) is 4.90 Å². The van der Waals surface area contributed by atoms with Crippen LogP contribution in [0.4, 0.5) is 0 Å². The molecule has 2 saturated heterocycles. The van der Waals surface area contributed by atoms with Crippen LogP contribution in [0.3, 0.4) is 0 Å². The highest BCUT2D eigenvalue weighted by Gasteiger charge is 2.25. The summed E-state index contributed by atoms with van der Waals surface area (Å²) in [5.74, 6) is 0.637. The van der Waals surface area contributed by atoms with Gasteiger partial charge in [0.2, 0.25) is 0 Å². The summed E-state index contributed by atoms with van der Waals surface area (Å²) in [4.78, 5) is 6.75. The Balaban J connectivity index is 1.63. The lowest BCUT2D eigenvalue weighted by Gasteiger charge is -2.33. The average Bonchev–Trinajstić information content (AvgIpc) is 2.75. The highest BCUT2D eigenvalue weighted by atomic mass is 16.5. The molecule has 0 aromatic carbocycles. The Labute approximate surface area is 108 Å². The van der Waals surface area contributed by atoms with Crippen molar-refractivity contribution in [3.8, 4) is 0 Å². The number of imidazole rings is 1. The van der Waals surface area contributed by atoms with Crippen LogP contribution in [-0.2, 0) is 11.3 Å². The Morgan fingerprint density at radius 2 is 2.39 bits per heavy atom. The predicted octanol–water partition coefficient (Wildman–Crippen LogP) is 0.291. The third-order valence-corrected chi connectivity index (χ3v) is 4.01. The van der Waals surface area contributed by atoms with Gasteiger partial charge in [0, 0.05) is 44.0 Å². The summed E-state index contributed by atoms with van der Waals surface area (Å²) >= 11 is 0. The molecule has 1 unspecified atom stereocenters. The van der Waals surface area contributed by atoms with E-state index in [-0.39, 0.29) is 0 Å². The van der Waals surface area contributed by atoms with E-state index in [0.717, 1.165) is 45.9 Å². The molecule has 2 aliphatic rings. The van der Waals surface area contributed by atoms with Gasteiger partial charge in [-0.1, -0.05) is 6.92 Å². The van der Waals surface area contributed by atoms with Gasteiger partial charge < -0.3 is 14.6 Å². The molecule has 5 nitrogen and oxygen atoms in total. The van der Waals surface area contributed by atoms with Gasteiger partial charge in [0.1, 0.15) is 0 Å². The van der Waals surface area contributed by atoms with Gasteiger partial charge in [-0.05, 0) is 6.54 Å². The molecule has 1 N–H and O–H groups in total. The van der Waals surface area contributed by atoms with Crippen LogP contribution in [0.5, 0.6) is 0 Å². The first kappa shape index (κ1) is 12.1. The van der Waals surface area contributed by atoms with E-state index in [1.165, 1.54) is 5.69 Å². The molecule has 1 atom stereocenters. The fourth-order valence-electron chi connectivity index (χ4n) is 2.72. The summed E-state index contributed by atoms with van der Waals surface area (Å²) in [5.41, 5.74) is 1.35. The van der Waals surface area contributed by atoms with Gasteiger partial charge in [-0.15, -0.1) is 0 Å². The number of hydrogen-bond donors (Lipinski definition) is 1. The number of hydrogen-bond acceptors (Lipinski definition) is 4. The second-order valence-electron chi connectivity index (χ2n) is 5.21. The van der Waals surface area contributed by atoms with Gasteiger partial charge >= 0.3 is 0 Å².